The molecule has 0 aliphatic carbocycles. The Morgan fingerprint density at radius 3 is 2.62 bits per heavy atom. The molecule has 0 spiro atoms. The summed E-state index contributed by atoms with van der Waals surface area (Å²) in [5, 5.41) is 4.61. The lowest BCUT2D eigenvalue weighted by atomic mass is 10.2. The van der Waals surface area contributed by atoms with Gasteiger partial charge in [0.1, 0.15) is 16.7 Å². The summed E-state index contributed by atoms with van der Waals surface area (Å²) in [6.07, 6.45) is 1.41. The van der Waals surface area contributed by atoms with Crippen LogP contribution in [-0.4, -0.2) is 9.78 Å². The highest BCUT2D eigenvalue weighted by Gasteiger charge is 2.11. The van der Waals surface area contributed by atoms with Crippen LogP contribution in [0.5, 0.6) is 0 Å². The maximum Gasteiger partial charge on any atom is 0.140 e. The first-order chi connectivity index (χ1) is 7.59. The molecule has 0 fully saturated rings. The van der Waals surface area contributed by atoms with Crippen LogP contribution in [0.2, 0.25) is 10.0 Å². The standard InChI is InChI=1S/C10H8Cl2FN3/c11-7-2-1-3-9(13)6(7)5-16-10(14)8(12)4-15-16/h1-4H,5,14H2. The van der Waals surface area contributed by atoms with Crippen LogP contribution >= 0.6 is 23.2 Å². The normalized spacial score (nSPS) is 10.7. The average molecular weight is 260 g/mol. The van der Waals surface area contributed by atoms with E-state index in [4.69, 9.17) is 28.9 Å². The second-order valence-corrected chi connectivity index (χ2v) is 4.05. The van der Waals surface area contributed by atoms with Gasteiger partial charge in [0.05, 0.1) is 12.7 Å². The quantitative estimate of drug-likeness (QED) is 0.902. The smallest absolute Gasteiger partial charge is 0.140 e. The lowest BCUT2D eigenvalue weighted by Crippen LogP contribution is -2.07. The second-order valence-electron chi connectivity index (χ2n) is 3.24. The lowest BCUT2D eigenvalue weighted by Gasteiger charge is -2.07. The molecule has 1 aromatic carbocycles. The van der Waals surface area contributed by atoms with Gasteiger partial charge in [0, 0.05) is 10.6 Å². The molecule has 16 heavy (non-hydrogen) atoms. The Bertz CT molecular complexity index is 505. The van der Waals surface area contributed by atoms with Crippen molar-refractivity contribution in [2.24, 2.45) is 0 Å². The maximum absolute atomic E-state index is 13.5. The van der Waals surface area contributed by atoms with Crippen LogP contribution in [-0.2, 0) is 6.54 Å². The number of rotatable bonds is 2. The number of aromatic nitrogens is 2. The van der Waals surface area contributed by atoms with Crippen molar-refractivity contribution in [1.29, 1.82) is 0 Å². The van der Waals surface area contributed by atoms with Gasteiger partial charge in [0.2, 0.25) is 0 Å². The highest BCUT2D eigenvalue weighted by atomic mass is 35.5. The topological polar surface area (TPSA) is 43.8 Å². The number of nitrogens with zero attached hydrogens (tertiary/aromatic N) is 2. The van der Waals surface area contributed by atoms with Crippen LogP contribution in [0.1, 0.15) is 5.56 Å². The predicted molar refractivity (Wildman–Crippen MR) is 62.2 cm³/mol. The van der Waals surface area contributed by atoms with E-state index in [2.05, 4.69) is 5.10 Å². The van der Waals surface area contributed by atoms with Crippen LogP contribution in [0.15, 0.2) is 24.4 Å². The number of hydrogen-bond acceptors (Lipinski definition) is 2. The van der Waals surface area contributed by atoms with Gasteiger partial charge >= 0.3 is 0 Å². The van der Waals surface area contributed by atoms with Crippen molar-refractivity contribution in [2.45, 2.75) is 6.54 Å². The van der Waals surface area contributed by atoms with Gasteiger partial charge in [-0.1, -0.05) is 29.3 Å². The fourth-order valence-corrected chi connectivity index (χ4v) is 1.70. The molecule has 0 saturated heterocycles. The summed E-state index contributed by atoms with van der Waals surface area (Å²) in [5.41, 5.74) is 6.00. The molecule has 6 heteroatoms. The number of nitrogens with two attached hydrogens (primary N) is 1. The predicted octanol–water partition coefficient (Wildman–Crippen LogP) is 2.96. The molecule has 1 heterocycles. The van der Waals surface area contributed by atoms with Crippen molar-refractivity contribution in [3.63, 3.8) is 0 Å². The van der Waals surface area contributed by atoms with E-state index in [1.54, 1.807) is 12.1 Å². The van der Waals surface area contributed by atoms with Crippen LogP contribution in [0.4, 0.5) is 10.2 Å². The zero-order chi connectivity index (χ0) is 11.7. The van der Waals surface area contributed by atoms with E-state index in [9.17, 15) is 4.39 Å². The average Bonchev–Trinajstić information content (AvgIpc) is 2.55. The minimum atomic E-state index is -0.390. The first-order valence-corrected chi connectivity index (χ1v) is 5.25. The second kappa shape index (κ2) is 4.31. The summed E-state index contributed by atoms with van der Waals surface area (Å²) in [4.78, 5) is 0. The fraction of sp³-hybridized carbons (Fsp3) is 0.100. The first-order valence-electron chi connectivity index (χ1n) is 4.49. The molecule has 0 bridgehead atoms. The molecule has 2 aromatic rings. The first kappa shape index (κ1) is 11.2. The van der Waals surface area contributed by atoms with Crippen molar-refractivity contribution in [1.82, 2.24) is 9.78 Å². The third kappa shape index (κ3) is 1.99. The highest BCUT2D eigenvalue weighted by Crippen LogP contribution is 2.23. The van der Waals surface area contributed by atoms with Gasteiger partial charge in [-0.05, 0) is 12.1 Å². The van der Waals surface area contributed by atoms with Gasteiger partial charge in [-0.2, -0.15) is 5.10 Å². The molecular weight excluding hydrogens is 252 g/mol. The Labute approximate surface area is 102 Å². The monoisotopic (exact) mass is 259 g/mol. The van der Waals surface area contributed by atoms with Gasteiger partial charge in [-0.25, -0.2) is 9.07 Å². The number of benzene rings is 1. The van der Waals surface area contributed by atoms with Crippen LogP contribution in [0.3, 0.4) is 0 Å². The molecule has 0 atom stereocenters. The molecule has 0 radical (unpaired) electrons. The Hall–Kier alpha value is -1.26. The summed E-state index contributed by atoms with van der Waals surface area (Å²) < 4.78 is 14.9. The SMILES string of the molecule is Nc1c(Cl)cnn1Cc1c(F)cccc1Cl. The van der Waals surface area contributed by atoms with Crippen molar-refractivity contribution in [3.05, 3.63) is 45.8 Å². The van der Waals surface area contributed by atoms with E-state index in [0.29, 0.717) is 21.4 Å². The van der Waals surface area contributed by atoms with Crippen LogP contribution < -0.4 is 5.73 Å². The van der Waals surface area contributed by atoms with Crippen molar-refractivity contribution < 1.29 is 4.39 Å². The third-order valence-corrected chi connectivity index (χ3v) is 2.85. The zero-order valence-electron chi connectivity index (χ0n) is 8.12. The van der Waals surface area contributed by atoms with E-state index in [0.717, 1.165) is 0 Å². The summed E-state index contributed by atoms with van der Waals surface area (Å²) >= 11 is 11.6. The summed E-state index contributed by atoms with van der Waals surface area (Å²) in [7, 11) is 0. The van der Waals surface area contributed by atoms with Crippen molar-refractivity contribution in [3.8, 4) is 0 Å². The Morgan fingerprint density at radius 1 is 1.31 bits per heavy atom. The Kier molecular flexibility index (Phi) is 3.03. The minimum absolute atomic E-state index is 0.157. The van der Waals surface area contributed by atoms with E-state index in [-0.39, 0.29) is 6.54 Å². The number of halogens is 3. The number of anilines is 1. The molecule has 84 valence electrons. The minimum Gasteiger partial charge on any atom is -0.383 e. The summed E-state index contributed by atoms with van der Waals surface area (Å²) in [6.45, 7) is 0.157. The van der Waals surface area contributed by atoms with Crippen molar-refractivity contribution >= 4 is 29.0 Å². The molecule has 0 unspecified atom stereocenters. The lowest BCUT2D eigenvalue weighted by molar-refractivity contribution is 0.588. The van der Waals surface area contributed by atoms with E-state index in [1.807, 2.05) is 0 Å². The van der Waals surface area contributed by atoms with Gasteiger partial charge in [-0.3, -0.25) is 0 Å². The Balaban J connectivity index is 2.38. The van der Waals surface area contributed by atoms with Gasteiger partial charge < -0.3 is 5.73 Å². The zero-order valence-corrected chi connectivity index (χ0v) is 9.63. The molecule has 2 rings (SSSR count). The van der Waals surface area contributed by atoms with Crippen LogP contribution in [0.25, 0.3) is 0 Å². The summed E-state index contributed by atoms with van der Waals surface area (Å²) in [5.74, 6) is -0.0977. The van der Waals surface area contributed by atoms with E-state index < -0.39 is 5.82 Å². The number of nitrogen functional groups attached to an aromatic ring is 1. The molecule has 3 nitrogen and oxygen atoms in total. The molecular formula is C10H8Cl2FN3. The van der Waals surface area contributed by atoms with Gasteiger partial charge in [0.25, 0.3) is 0 Å². The molecule has 0 aliphatic heterocycles. The van der Waals surface area contributed by atoms with Gasteiger partial charge in [-0.15, -0.1) is 0 Å². The molecule has 1 aromatic heterocycles. The third-order valence-electron chi connectivity index (χ3n) is 2.20. The van der Waals surface area contributed by atoms with Crippen molar-refractivity contribution in [2.75, 3.05) is 5.73 Å². The van der Waals surface area contributed by atoms with Gasteiger partial charge in [0.15, 0.2) is 0 Å². The number of hydrogen-bond donors (Lipinski definition) is 1. The molecule has 0 aliphatic rings. The molecule has 0 saturated carbocycles. The van der Waals surface area contributed by atoms with E-state index in [1.165, 1.54) is 16.9 Å². The van der Waals surface area contributed by atoms with Crippen LogP contribution in [0, 0.1) is 5.82 Å². The molecule has 2 N–H and O–H groups in total. The van der Waals surface area contributed by atoms with E-state index >= 15 is 0 Å². The Morgan fingerprint density at radius 2 is 2.06 bits per heavy atom. The maximum atomic E-state index is 13.5. The molecule has 0 amide bonds. The fourth-order valence-electron chi connectivity index (χ4n) is 1.33. The summed E-state index contributed by atoms with van der Waals surface area (Å²) in [6, 6.07) is 4.49. The highest BCUT2D eigenvalue weighted by molar-refractivity contribution is 6.32. The largest absolute Gasteiger partial charge is 0.383 e.